The Hall–Kier alpha value is -2.17. The van der Waals surface area contributed by atoms with Crippen molar-refractivity contribution in [3.05, 3.63) is 54.6 Å². The first kappa shape index (κ1) is 16.2. The van der Waals surface area contributed by atoms with E-state index in [-0.39, 0.29) is 0 Å². The first-order valence-corrected chi connectivity index (χ1v) is 7.66. The van der Waals surface area contributed by atoms with Crippen molar-refractivity contribution in [2.24, 2.45) is 4.99 Å². The van der Waals surface area contributed by atoms with Crippen molar-refractivity contribution in [1.82, 2.24) is 14.8 Å². The maximum absolute atomic E-state index is 4.72. The van der Waals surface area contributed by atoms with Crippen LogP contribution in [0.1, 0.15) is 18.1 Å². The van der Waals surface area contributed by atoms with Gasteiger partial charge in [0.1, 0.15) is 12.7 Å². The second kappa shape index (κ2) is 7.73. The van der Waals surface area contributed by atoms with Crippen LogP contribution in [-0.4, -0.2) is 33.6 Å². The lowest BCUT2D eigenvalue weighted by Crippen LogP contribution is -2.34. The Balaban J connectivity index is 0.000000545. The standard InChI is InChI=1S/C14H17BN4.C3H6/c1-11-4-3-5-12-8-13(15(2)14(11)12)17-6-7-19-10-16-9-18-19;1-3-2/h3-6,9-10,13H,7-8H2,1-2H3;3H,1H2,2H3/b17-6+;. The van der Waals surface area contributed by atoms with E-state index in [1.807, 2.05) is 13.1 Å². The molecule has 1 aromatic carbocycles. The molecule has 5 heteroatoms. The Morgan fingerprint density at radius 3 is 2.91 bits per heavy atom. The number of allylic oxidation sites excluding steroid dienone is 1. The number of hydrogen-bond donors (Lipinski definition) is 0. The van der Waals surface area contributed by atoms with Crippen LogP contribution in [0.15, 0.2) is 48.5 Å². The fourth-order valence-corrected chi connectivity index (χ4v) is 2.94. The van der Waals surface area contributed by atoms with Crippen molar-refractivity contribution in [3.63, 3.8) is 0 Å². The van der Waals surface area contributed by atoms with Gasteiger partial charge in [-0.05, 0) is 20.3 Å². The summed E-state index contributed by atoms with van der Waals surface area (Å²) in [5, 5.41) is 4.07. The highest BCUT2D eigenvalue weighted by atomic mass is 15.3. The quantitative estimate of drug-likeness (QED) is 0.495. The molecule has 0 aliphatic carbocycles. The molecule has 0 saturated carbocycles. The third-order valence-electron chi connectivity index (χ3n) is 3.91. The zero-order valence-corrected chi connectivity index (χ0v) is 13.6. The molecule has 0 N–H and O–H groups in total. The summed E-state index contributed by atoms with van der Waals surface area (Å²) >= 11 is 0. The molecule has 0 radical (unpaired) electrons. The number of aliphatic imine (C=N–C) groups is 1. The van der Waals surface area contributed by atoms with Crippen molar-refractivity contribution < 1.29 is 0 Å². The van der Waals surface area contributed by atoms with Gasteiger partial charge >= 0.3 is 0 Å². The molecule has 0 bridgehead atoms. The van der Waals surface area contributed by atoms with Crippen LogP contribution in [0, 0.1) is 6.92 Å². The highest BCUT2D eigenvalue weighted by Gasteiger charge is 2.32. The molecule has 22 heavy (non-hydrogen) atoms. The first-order valence-electron chi connectivity index (χ1n) is 7.66. The largest absolute Gasteiger partial charge is 0.300 e. The Labute approximate surface area is 133 Å². The molecule has 1 unspecified atom stereocenters. The first-order chi connectivity index (χ1) is 10.7. The summed E-state index contributed by atoms with van der Waals surface area (Å²) in [6, 6.07) is 6.56. The van der Waals surface area contributed by atoms with Gasteiger partial charge in [0.05, 0.1) is 6.54 Å². The second-order valence-corrected chi connectivity index (χ2v) is 5.57. The van der Waals surface area contributed by atoms with Crippen molar-refractivity contribution >= 4 is 18.4 Å². The summed E-state index contributed by atoms with van der Waals surface area (Å²) in [5.41, 5.74) is 4.33. The number of fused-ring (bicyclic) bond motifs is 1. The summed E-state index contributed by atoms with van der Waals surface area (Å²) in [7, 11) is 0. The molecule has 2 heterocycles. The summed E-state index contributed by atoms with van der Waals surface area (Å²) in [6.07, 6.45) is 8.01. The minimum Gasteiger partial charge on any atom is -0.300 e. The minimum absolute atomic E-state index is 0.361. The van der Waals surface area contributed by atoms with Gasteiger partial charge in [0, 0.05) is 12.2 Å². The van der Waals surface area contributed by atoms with Crippen LogP contribution in [0.3, 0.4) is 0 Å². The minimum atomic E-state index is 0.361. The van der Waals surface area contributed by atoms with Crippen molar-refractivity contribution in [2.75, 3.05) is 0 Å². The number of aryl methyl sites for hydroxylation is 1. The van der Waals surface area contributed by atoms with Crippen LogP contribution in [0.4, 0.5) is 0 Å². The monoisotopic (exact) mass is 294 g/mol. The van der Waals surface area contributed by atoms with Crippen LogP contribution in [0.5, 0.6) is 0 Å². The van der Waals surface area contributed by atoms with Gasteiger partial charge in [-0.3, -0.25) is 4.99 Å². The van der Waals surface area contributed by atoms with Crippen LogP contribution in [-0.2, 0) is 13.0 Å². The molecule has 1 aliphatic heterocycles. The third-order valence-corrected chi connectivity index (χ3v) is 3.91. The van der Waals surface area contributed by atoms with Crippen molar-refractivity contribution in [2.45, 2.75) is 39.6 Å². The number of hydrogen-bond acceptors (Lipinski definition) is 3. The maximum Gasteiger partial charge on any atom is 0.202 e. The molecule has 0 saturated heterocycles. The van der Waals surface area contributed by atoms with E-state index in [1.165, 1.54) is 16.6 Å². The van der Waals surface area contributed by atoms with Gasteiger partial charge in [-0.25, -0.2) is 9.67 Å². The maximum atomic E-state index is 4.72. The van der Waals surface area contributed by atoms with Crippen LogP contribution >= 0.6 is 0 Å². The average Bonchev–Trinajstić information content (AvgIpc) is 3.10. The SMILES string of the molecule is C=CC.CB1c2c(C)cccc2CC1/N=C/Cn1cncn1. The second-order valence-electron chi connectivity index (χ2n) is 5.57. The van der Waals surface area contributed by atoms with Gasteiger partial charge in [-0.1, -0.05) is 47.7 Å². The Bertz CT molecular complexity index is 634. The summed E-state index contributed by atoms with van der Waals surface area (Å²) in [4.78, 5) is 8.64. The molecule has 1 atom stereocenters. The number of aromatic nitrogens is 3. The van der Waals surface area contributed by atoms with E-state index in [1.54, 1.807) is 23.4 Å². The summed E-state index contributed by atoms with van der Waals surface area (Å²) in [6.45, 7) is 10.9. The molecular formula is C17H23BN4. The lowest BCUT2D eigenvalue weighted by Gasteiger charge is -2.09. The van der Waals surface area contributed by atoms with Gasteiger partial charge in [-0.2, -0.15) is 5.10 Å². The van der Waals surface area contributed by atoms with E-state index in [0.29, 0.717) is 19.2 Å². The van der Waals surface area contributed by atoms with E-state index in [4.69, 9.17) is 4.99 Å². The number of rotatable bonds is 3. The van der Waals surface area contributed by atoms with Crippen LogP contribution in [0.2, 0.25) is 6.82 Å². The number of nitrogens with zero attached hydrogens (tertiary/aromatic N) is 4. The molecular weight excluding hydrogens is 271 g/mol. The average molecular weight is 294 g/mol. The molecule has 114 valence electrons. The van der Waals surface area contributed by atoms with E-state index in [0.717, 1.165) is 6.42 Å². The summed E-state index contributed by atoms with van der Waals surface area (Å²) < 4.78 is 1.78. The fraction of sp³-hybridized carbons (Fsp3) is 0.353. The smallest absolute Gasteiger partial charge is 0.202 e. The topological polar surface area (TPSA) is 43.1 Å². The third kappa shape index (κ3) is 3.73. The van der Waals surface area contributed by atoms with E-state index < -0.39 is 0 Å². The van der Waals surface area contributed by atoms with Gasteiger partial charge < -0.3 is 0 Å². The Morgan fingerprint density at radius 2 is 2.27 bits per heavy atom. The summed E-state index contributed by atoms with van der Waals surface area (Å²) in [5.74, 6) is 0.361. The van der Waals surface area contributed by atoms with E-state index in [9.17, 15) is 0 Å². The highest BCUT2D eigenvalue weighted by Crippen LogP contribution is 2.18. The molecule has 0 spiro atoms. The van der Waals surface area contributed by atoms with Crippen molar-refractivity contribution in [1.29, 1.82) is 0 Å². The van der Waals surface area contributed by atoms with Gasteiger partial charge in [0.25, 0.3) is 0 Å². The molecule has 1 aromatic heterocycles. The van der Waals surface area contributed by atoms with Crippen LogP contribution in [0.25, 0.3) is 0 Å². The lowest BCUT2D eigenvalue weighted by molar-refractivity contribution is 0.725. The molecule has 1 aliphatic rings. The molecule has 2 aromatic rings. The normalized spacial score (nSPS) is 16.3. The predicted octanol–water partition coefficient (Wildman–Crippen LogP) is 2.35. The molecule has 0 amide bonds. The molecule has 4 nitrogen and oxygen atoms in total. The fourth-order valence-electron chi connectivity index (χ4n) is 2.94. The van der Waals surface area contributed by atoms with Gasteiger partial charge in [-0.15, -0.1) is 6.58 Å². The van der Waals surface area contributed by atoms with E-state index in [2.05, 4.69) is 48.6 Å². The lowest BCUT2D eigenvalue weighted by atomic mass is 9.44. The zero-order chi connectivity index (χ0) is 15.9. The zero-order valence-electron chi connectivity index (χ0n) is 13.6. The number of benzene rings is 1. The van der Waals surface area contributed by atoms with Gasteiger partial charge in [0.15, 0.2) is 0 Å². The highest BCUT2D eigenvalue weighted by molar-refractivity contribution is 6.75. The Morgan fingerprint density at radius 1 is 1.50 bits per heavy atom. The predicted molar refractivity (Wildman–Crippen MR) is 94.3 cm³/mol. The van der Waals surface area contributed by atoms with Crippen LogP contribution < -0.4 is 5.46 Å². The molecule has 3 rings (SSSR count). The Kier molecular flexibility index (Phi) is 5.70. The van der Waals surface area contributed by atoms with Gasteiger partial charge in [0.2, 0.25) is 6.71 Å². The molecule has 0 fully saturated rings. The van der Waals surface area contributed by atoms with Crippen molar-refractivity contribution in [3.8, 4) is 0 Å². The van der Waals surface area contributed by atoms with E-state index >= 15 is 0 Å².